The molecule has 5 heteroatoms. The summed E-state index contributed by atoms with van der Waals surface area (Å²) in [5.74, 6) is -1.47. The van der Waals surface area contributed by atoms with Gasteiger partial charge >= 0.3 is 0 Å². The van der Waals surface area contributed by atoms with Crippen LogP contribution in [0.4, 0.5) is 8.78 Å². The third-order valence-electron chi connectivity index (χ3n) is 2.76. The molecule has 1 rings (SSSR count). The van der Waals surface area contributed by atoms with Gasteiger partial charge in [0.15, 0.2) is 11.6 Å². The van der Waals surface area contributed by atoms with Gasteiger partial charge in [0.2, 0.25) is 0 Å². The van der Waals surface area contributed by atoms with Crippen LogP contribution in [-0.4, -0.2) is 30.4 Å². The molecule has 0 heterocycles. The molecule has 0 fully saturated rings. The Hall–Kier alpha value is -1.20. The first kappa shape index (κ1) is 15.9. The number of ether oxygens (including phenoxy) is 1. The van der Waals surface area contributed by atoms with Gasteiger partial charge in [0, 0.05) is 24.8 Å². The van der Waals surface area contributed by atoms with Gasteiger partial charge < -0.3 is 15.2 Å². The first-order valence-electron chi connectivity index (χ1n) is 6.47. The van der Waals surface area contributed by atoms with E-state index in [4.69, 9.17) is 9.84 Å². The van der Waals surface area contributed by atoms with Crippen LogP contribution in [0.5, 0.6) is 5.75 Å². The molecule has 0 radical (unpaired) electrons. The standard InChI is InChI=1S/C14H21F2NO2/c1-10(4-3-7-18)17-11(2)9-19-12-5-6-13(15)14(16)8-12/h5-6,8,10-11,17-18H,3-4,7,9H2,1-2H3. The average Bonchev–Trinajstić information content (AvgIpc) is 2.38. The molecule has 19 heavy (non-hydrogen) atoms. The summed E-state index contributed by atoms with van der Waals surface area (Å²) in [6.45, 7) is 4.54. The van der Waals surface area contributed by atoms with Gasteiger partial charge in [0.05, 0.1) is 0 Å². The smallest absolute Gasteiger partial charge is 0.162 e. The third kappa shape index (κ3) is 5.98. The molecule has 2 atom stereocenters. The van der Waals surface area contributed by atoms with Gasteiger partial charge in [0.25, 0.3) is 0 Å². The second kappa shape index (κ2) is 8.07. The summed E-state index contributed by atoms with van der Waals surface area (Å²) in [7, 11) is 0. The summed E-state index contributed by atoms with van der Waals surface area (Å²) in [6.07, 6.45) is 1.64. The zero-order chi connectivity index (χ0) is 14.3. The Balaban J connectivity index is 2.33. The Morgan fingerprint density at radius 3 is 2.58 bits per heavy atom. The number of benzene rings is 1. The van der Waals surface area contributed by atoms with Crippen molar-refractivity contribution in [3.05, 3.63) is 29.8 Å². The van der Waals surface area contributed by atoms with Gasteiger partial charge in [-0.05, 0) is 38.8 Å². The van der Waals surface area contributed by atoms with Crippen molar-refractivity contribution in [1.29, 1.82) is 0 Å². The summed E-state index contributed by atoms with van der Waals surface area (Å²) in [5, 5.41) is 12.0. The van der Waals surface area contributed by atoms with Gasteiger partial charge in [-0.2, -0.15) is 0 Å². The van der Waals surface area contributed by atoms with Crippen molar-refractivity contribution in [3.8, 4) is 5.75 Å². The Labute approximate surface area is 112 Å². The number of aliphatic hydroxyl groups is 1. The van der Waals surface area contributed by atoms with E-state index in [0.29, 0.717) is 12.4 Å². The van der Waals surface area contributed by atoms with Crippen LogP contribution in [0.2, 0.25) is 0 Å². The van der Waals surface area contributed by atoms with Gasteiger partial charge in [-0.1, -0.05) is 0 Å². The number of rotatable bonds is 8. The highest BCUT2D eigenvalue weighted by Gasteiger charge is 2.09. The number of halogens is 2. The summed E-state index contributed by atoms with van der Waals surface area (Å²) in [5.41, 5.74) is 0. The van der Waals surface area contributed by atoms with Crippen LogP contribution in [0, 0.1) is 11.6 Å². The molecular weight excluding hydrogens is 252 g/mol. The molecule has 0 bridgehead atoms. The molecule has 2 N–H and O–H groups in total. The van der Waals surface area contributed by atoms with Gasteiger partial charge in [0.1, 0.15) is 12.4 Å². The highest BCUT2D eigenvalue weighted by molar-refractivity contribution is 5.23. The second-order valence-electron chi connectivity index (χ2n) is 4.72. The zero-order valence-electron chi connectivity index (χ0n) is 11.3. The lowest BCUT2D eigenvalue weighted by molar-refractivity contribution is 0.247. The Kier molecular flexibility index (Phi) is 6.73. The van der Waals surface area contributed by atoms with E-state index in [-0.39, 0.29) is 18.7 Å². The summed E-state index contributed by atoms with van der Waals surface area (Å²) in [6, 6.07) is 3.85. The normalized spacial score (nSPS) is 14.2. The van der Waals surface area contributed by atoms with E-state index in [1.54, 1.807) is 0 Å². The lowest BCUT2D eigenvalue weighted by Gasteiger charge is -2.20. The number of hydrogen-bond donors (Lipinski definition) is 2. The summed E-state index contributed by atoms with van der Waals surface area (Å²) >= 11 is 0. The summed E-state index contributed by atoms with van der Waals surface area (Å²) < 4.78 is 31.1. The van der Waals surface area contributed by atoms with Gasteiger partial charge in [-0.25, -0.2) is 8.78 Å². The van der Waals surface area contributed by atoms with Crippen molar-refractivity contribution in [1.82, 2.24) is 5.32 Å². The van der Waals surface area contributed by atoms with Crippen molar-refractivity contribution >= 4 is 0 Å². The molecule has 0 amide bonds. The Bertz CT molecular complexity index is 388. The van der Waals surface area contributed by atoms with Crippen LogP contribution in [0.1, 0.15) is 26.7 Å². The molecule has 0 saturated carbocycles. The van der Waals surface area contributed by atoms with Crippen LogP contribution < -0.4 is 10.1 Å². The van der Waals surface area contributed by atoms with E-state index < -0.39 is 11.6 Å². The second-order valence-corrected chi connectivity index (χ2v) is 4.72. The van der Waals surface area contributed by atoms with Crippen LogP contribution in [-0.2, 0) is 0 Å². The first-order valence-corrected chi connectivity index (χ1v) is 6.47. The minimum absolute atomic E-state index is 0.0850. The maximum absolute atomic E-state index is 13.0. The first-order chi connectivity index (χ1) is 9.02. The maximum Gasteiger partial charge on any atom is 0.162 e. The molecule has 1 aromatic carbocycles. The molecule has 108 valence electrons. The predicted octanol–water partition coefficient (Wildman–Crippen LogP) is 2.48. The minimum Gasteiger partial charge on any atom is -0.492 e. The lowest BCUT2D eigenvalue weighted by atomic mass is 10.1. The van der Waals surface area contributed by atoms with Crippen LogP contribution >= 0.6 is 0 Å². The van der Waals surface area contributed by atoms with Crippen molar-refractivity contribution in [3.63, 3.8) is 0 Å². The fourth-order valence-electron chi connectivity index (χ4n) is 1.80. The molecule has 0 aliphatic rings. The molecule has 0 aromatic heterocycles. The quantitative estimate of drug-likeness (QED) is 0.764. The fraction of sp³-hybridized carbons (Fsp3) is 0.571. The zero-order valence-corrected chi connectivity index (χ0v) is 11.3. The Morgan fingerprint density at radius 1 is 1.21 bits per heavy atom. The lowest BCUT2D eigenvalue weighted by Crippen LogP contribution is -2.38. The van der Waals surface area contributed by atoms with E-state index in [1.165, 1.54) is 6.07 Å². The molecule has 0 aliphatic carbocycles. The molecule has 0 spiro atoms. The van der Waals surface area contributed by atoms with E-state index in [1.807, 2.05) is 13.8 Å². The topological polar surface area (TPSA) is 41.5 Å². The van der Waals surface area contributed by atoms with E-state index in [2.05, 4.69) is 5.32 Å². The number of nitrogens with one attached hydrogen (secondary N) is 1. The Morgan fingerprint density at radius 2 is 1.95 bits per heavy atom. The van der Waals surface area contributed by atoms with Crippen LogP contribution in [0.3, 0.4) is 0 Å². The molecular formula is C14H21F2NO2. The minimum atomic E-state index is -0.908. The highest BCUT2D eigenvalue weighted by atomic mass is 19.2. The van der Waals surface area contributed by atoms with Crippen LogP contribution in [0.25, 0.3) is 0 Å². The van der Waals surface area contributed by atoms with Crippen molar-refractivity contribution in [2.75, 3.05) is 13.2 Å². The maximum atomic E-state index is 13.0. The molecule has 2 unspecified atom stereocenters. The molecule has 1 aromatic rings. The average molecular weight is 273 g/mol. The third-order valence-corrected chi connectivity index (χ3v) is 2.76. The van der Waals surface area contributed by atoms with E-state index >= 15 is 0 Å². The van der Waals surface area contributed by atoms with Crippen LogP contribution in [0.15, 0.2) is 18.2 Å². The van der Waals surface area contributed by atoms with E-state index in [0.717, 1.165) is 25.0 Å². The number of aliphatic hydroxyl groups excluding tert-OH is 1. The molecule has 0 aliphatic heterocycles. The number of hydrogen-bond acceptors (Lipinski definition) is 3. The van der Waals surface area contributed by atoms with Gasteiger partial charge in [-0.15, -0.1) is 0 Å². The fourth-order valence-corrected chi connectivity index (χ4v) is 1.80. The highest BCUT2D eigenvalue weighted by Crippen LogP contribution is 2.15. The largest absolute Gasteiger partial charge is 0.492 e. The van der Waals surface area contributed by atoms with Crippen molar-refractivity contribution in [2.24, 2.45) is 0 Å². The molecule has 0 saturated heterocycles. The summed E-state index contributed by atoms with van der Waals surface area (Å²) in [4.78, 5) is 0. The van der Waals surface area contributed by atoms with Gasteiger partial charge in [-0.3, -0.25) is 0 Å². The SMILES string of the molecule is CC(CCCO)NC(C)COc1ccc(F)c(F)c1. The predicted molar refractivity (Wildman–Crippen MR) is 70.2 cm³/mol. The van der Waals surface area contributed by atoms with Crippen molar-refractivity contribution < 1.29 is 18.6 Å². The van der Waals surface area contributed by atoms with E-state index in [9.17, 15) is 8.78 Å². The van der Waals surface area contributed by atoms with Crippen molar-refractivity contribution in [2.45, 2.75) is 38.8 Å². The molecule has 3 nitrogen and oxygen atoms in total. The monoisotopic (exact) mass is 273 g/mol.